The van der Waals surface area contributed by atoms with Crippen molar-refractivity contribution in [3.63, 3.8) is 0 Å². The SMILES string of the molecule is O=C(CCN1C(=O)[C@H]2CCCC[C@H]2C1=O)NCCOc1ccccc1F. The zero-order valence-electron chi connectivity index (χ0n) is 14.6. The van der Waals surface area contributed by atoms with Gasteiger partial charge in [0, 0.05) is 13.0 Å². The van der Waals surface area contributed by atoms with Gasteiger partial charge in [0.25, 0.3) is 0 Å². The van der Waals surface area contributed by atoms with Crippen molar-refractivity contribution in [1.82, 2.24) is 10.2 Å². The second-order valence-corrected chi connectivity index (χ2v) is 6.70. The Balaban J connectivity index is 1.38. The molecule has 3 amide bonds. The van der Waals surface area contributed by atoms with Crippen molar-refractivity contribution < 1.29 is 23.5 Å². The Hall–Kier alpha value is -2.44. The summed E-state index contributed by atoms with van der Waals surface area (Å²) in [6.45, 7) is 0.476. The highest BCUT2D eigenvalue weighted by Crippen LogP contribution is 2.37. The van der Waals surface area contributed by atoms with E-state index in [0.29, 0.717) is 0 Å². The number of halogens is 1. The lowest BCUT2D eigenvalue weighted by Gasteiger charge is -2.19. The Morgan fingerprint density at radius 3 is 2.46 bits per heavy atom. The van der Waals surface area contributed by atoms with E-state index in [4.69, 9.17) is 4.74 Å². The molecule has 1 saturated heterocycles. The second kappa shape index (κ2) is 8.29. The van der Waals surface area contributed by atoms with E-state index in [2.05, 4.69) is 5.32 Å². The monoisotopic (exact) mass is 362 g/mol. The molecule has 0 spiro atoms. The van der Waals surface area contributed by atoms with Gasteiger partial charge in [-0.1, -0.05) is 25.0 Å². The number of rotatable bonds is 7. The number of fused-ring (bicyclic) bond motifs is 1. The fraction of sp³-hybridized carbons (Fsp3) is 0.526. The van der Waals surface area contributed by atoms with Crippen molar-refractivity contribution in [1.29, 1.82) is 0 Å². The average molecular weight is 362 g/mol. The average Bonchev–Trinajstić information content (AvgIpc) is 2.89. The highest BCUT2D eigenvalue weighted by molar-refractivity contribution is 6.05. The summed E-state index contributed by atoms with van der Waals surface area (Å²) in [5.41, 5.74) is 0. The fourth-order valence-electron chi connectivity index (χ4n) is 3.67. The molecule has 1 heterocycles. The Morgan fingerprint density at radius 2 is 1.81 bits per heavy atom. The number of nitrogens with zero attached hydrogens (tertiary/aromatic N) is 1. The van der Waals surface area contributed by atoms with E-state index in [1.807, 2.05) is 0 Å². The number of ether oxygens (including phenoxy) is 1. The molecule has 26 heavy (non-hydrogen) atoms. The van der Waals surface area contributed by atoms with Crippen molar-refractivity contribution in [3.8, 4) is 5.75 Å². The molecule has 7 heteroatoms. The number of para-hydroxylation sites is 1. The van der Waals surface area contributed by atoms with Crippen LogP contribution >= 0.6 is 0 Å². The van der Waals surface area contributed by atoms with Gasteiger partial charge in [-0.3, -0.25) is 19.3 Å². The van der Waals surface area contributed by atoms with Gasteiger partial charge in [-0.25, -0.2) is 4.39 Å². The van der Waals surface area contributed by atoms with Crippen molar-refractivity contribution >= 4 is 17.7 Å². The van der Waals surface area contributed by atoms with Gasteiger partial charge in [0.1, 0.15) is 6.61 Å². The van der Waals surface area contributed by atoms with Gasteiger partial charge in [0.05, 0.1) is 18.4 Å². The molecule has 2 atom stereocenters. The lowest BCUT2D eigenvalue weighted by Crippen LogP contribution is -2.36. The topological polar surface area (TPSA) is 75.7 Å². The maximum absolute atomic E-state index is 13.4. The van der Waals surface area contributed by atoms with E-state index >= 15 is 0 Å². The highest BCUT2D eigenvalue weighted by Gasteiger charge is 2.47. The lowest BCUT2D eigenvalue weighted by molar-refractivity contribution is -0.140. The number of nitrogens with one attached hydrogen (secondary N) is 1. The summed E-state index contributed by atoms with van der Waals surface area (Å²) in [4.78, 5) is 37.8. The van der Waals surface area contributed by atoms with Gasteiger partial charge < -0.3 is 10.1 Å². The first kappa shape index (κ1) is 18.4. The first-order valence-electron chi connectivity index (χ1n) is 9.07. The Kier molecular flexibility index (Phi) is 5.85. The number of amides is 3. The zero-order chi connectivity index (χ0) is 18.5. The van der Waals surface area contributed by atoms with Crippen LogP contribution < -0.4 is 10.1 Å². The van der Waals surface area contributed by atoms with Crippen LogP contribution in [0.2, 0.25) is 0 Å². The standard InChI is InChI=1S/C19H23FN2O4/c20-15-7-3-4-8-16(15)26-12-10-21-17(23)9-11-22-18(24)13-5-1-2-6-14(13)19(22)25/h3-4,7-8,13-14H,1-2,5-6,9-12H2,(H,21,23)/t13-,14+. The molecule has 1 aliphatic carbocycles. The molecule has 3 rings (SSSR count). The number of carbonyl (C=O) groups excluding carboxylic acids is 3. The fourth-order valence-corrected chi connectivity index (χ4v) is 3.67. The number of benzene rings is 1. The van der Waals surface area contributed by atoms with Crippen LogP contribution in [0.3, 0.4) is 0 Å². The molecule has 2 aliphatic rings. The van der Waals surface area contributed by atoms with Gasteiger partial charge >= 0.3 is 0 Å². The van der Waals surface area contributed by atoms with Crippen molar-refractivity contribution in [3.05, 3.63) is 30.1 Å². The van der Waals surface area contributed by atoms with Gasteiger partial charge in [-0.05, 0) is 25.0 Å². The zero-order valence-corrected chi connectivity index (χ0v) is 14.6. The summed E-state index contributed by atoms with van der Waals surface area (Å²) in [6.07, 6.45) is 3.57. The number of hydrogen-bond acceptors (Lipinski definition) is 4. The van der Waals surface area contributed by atoms with Crippen molar-refractivity contribution in [2.75, 3.05) is 19.7 Å². The molecule has 0 bridgehead atoms. The molecule has 2 fully saturated rings. The van der Waals surface area contributed by atoms with Crippen LogP contribution in [-0.2, 0) is 14.4 Å². The molecule has 140 valence electrons. The highest BCUT2D eigenvalue weighted by atomic mass is 19.1. The molecule has 1 saturated carbocycles. The maximum atomic E-state index is 13.4. The molecule has 0 unspecified atom stereocenters. The first-order chi connectivity index (χ1) is 12.6. The molecule has 1 N–H and O–H groups in total. The second-order valence-electron chi connectivity index (χ2n) is 6.70. The van der Waals surface area contributed by atoms with Gasteiger partial charge in [-0.15, -0.1) is 0 Å². The van der Waals surface area contributed by atoms with E-state index in [1.54, 1.807) is 12.1 Å². The van der Waals surface area contributed by atoms with Crippen LogP contribution in [0.15, 0.2) is 24.3 Å². The summed E-state index contributed by atoms with van der Waals surface area (Å²) < 4.78 is 18.6. The third-order valence-corrected chi connectivity index (χ3v) is 5.01. The smallest absolute Gasteiger partial charge is 0.233 e. The van der Waals surface area contributed by atoms with Crippen LogP contribution in [0.25, 0.3) is 0 Å². The summed E-state index contributed by atoms with van der Waals surface area (Å²) in [6, 6.07) is 6.05. The van der Waals surface area contributed by atoms with E-state index in [9.17, 15) is 18.8 Å². The lowest BCUT2D eigenvalue weighted by atomic mass is 9.81. The normalized spacial score (nSPS) is 22.3. The third-order valence-electron chi connectivity index (χ3n) is 5.01. The number of carbonyl (C=O) groups is 3. The van der Waals surface area contributed by atoms with Gasteiger partial charge in [-0.2, -0.15) is 0 Å². The molecule has 6 nitrogen and oxygen atoms in total. The van der Waals surface area contributed by atoms with Crippen LogP contribution in [-0.4, -0.2) is 42.3 Å². The minimum Gasteiger partial charge on any atom is -0.489 e. The molecular weight excluding hydrogens is 339 g/mol. The van der Waals surface area contributed by atoms with Crippen LogP contribution in [0.1, 0.15) is 32.1 Å². The van der Waals surface area contributed by atoms with Crippen LogP contribution in [0.4, 0.5) is 4.39 Å². The number of hydrogen-bond donors (Lipinski definition) is 1. The van der Waals surface area contributed by atoms with Gasteiger partial charge in [0.15, 0.2) is 11.6 Å². The van der Waals surface area contributed by atoms with Gasteiger partial charge in [0.2, 0.25) is 17.7 Å². The van der Waals surface area contributed by atoms with E-state index in [0.717, 1.165) is 25.7 Å². The third kappa shape index (κ3) is 4.03. The summed E-state index contributed by atoms with van der Waals surface area (Å²) in [5.74, 6) is -1.21. The summed E-state index contributed by atoms with van der Waals surface area (Å²) in [7, 11) is 0. The van der Waals surface area contributed by atoms with Crippen molar-refractivity contribution in [2.45, 2.75) is 32.1 Å². The van der Waals surface area contributed by atoms with E-state index < -0.39 is 5.82 Å². The summed E-state index contributed by atoms with van der Waals surface area (Å²) >= 11 is 0. The minimum atomic E-state index is -0.452. The molecule has 1 aromatic rings. The van der Waals surface area contributed by atoms with E-state index in [1.165, 1.54) is 17.0 Å². The molecule has 1 aliphatic heterocycles. The molecule has 0 radical (unpaired) electrons. The molecule has 0 aromatic heterocycles. The quantitative estimate of drug-likeness (QED) is 0.594. The maximum Gasteiger partial charge on any atom is 0.233 e. The Labute approximate surface area is 151 Å². The summed E-state index contributed by atoms with van der Waals surface area (Å²) in [5, 5.41) is 2.65. The predicted octanol–water partition coefficient (Wildman–Crippen LogP) is 1.89. The van der Waals surface area contributed by atoms with Crippen LogP contribution in [0.5, 0.6) is 5.75 Å². The number of likely N-dealkylation sites (tertiary alicyclic amines) is 1. The molecular formula is C19H23FN2O4. The van der Waals surface area contributed by atoms with Crippen molar-refractivity contribution in [2.24, 2.45) is 11.8 Å². The Bertz CT molecular complexity index is 670. The predicted molar refractivity (Wildman–Crippen MR) is 91.7 cm³/mol. The Morgan fingerprint density at radius 1 is 1.15 bits per heavy atom. The first-order valence-corrected chi connectivity index (χ1v) is 9.07. The minimum absolute atomic E-state index is 0.0661. The number of imide groups is 1. The van der Waals surface area contributed by atoms with Crippen LogP contribution in [0, 0.1) is 17.7 Å². The largest absolute Gasteiger partial charge is 0.489 e. The molecule has 1 aromatic carbocycles. The van der Waals surface area contributed by atoms with E-state index in [-0.39, 0.29) is 61.4 Å².